The number of para-hydroxylation sites is 1. The molecule has 0 atom stereocenters. The first-order chi connectivity index (χ1) is 19.0. The van der Waals surface area contributed by atoms with Gasteiger partial charge < -0.3 is 19.9 Å². The molecule has 0 spiro atoms. The Labute approximate surface area is 232 Å². The van der Waals surface area contributed by atoms with Crippen LogP contribution in [-0.2, 0) is 11.3 Å². The van der Waals surface area contributed by atoms with Crippen LogP contribution in [0.4, 0.5) is 10.5 Å². The quantitative estimate of drug-likeness (QED) is 0.246. The van der Waals surface area contributed by atoms with Crippen LogP contribution in [0.1, 0.15) is 35.7 Å². The lowest BCUT2D eigenvalue weighted by atomic mass is 10.0. The van der Waals surface area contributed by atoms with Gasteiger partial charge in [-0.1, -0.05) is 79.7 Å². The van der Waals surface area contributed by atoms with Gasteiger partial charge in [0.25, 0.3) is 0 Å². The Morgan fingerprint density at radius 2 is 1.64 bits per heavy atom. The van der Waals surface area contributed by atoms with Gasteiger partial charge >= 0.3 is 6.09 Å². The van der Waals surface area contributed by atoms with E-state index in [4.69, 9.17) is 4.74 Å². The molecule has 0 radical (unpaired) electrons. The zero-order chi connectivity index (χ0) is 27.5. The first-order valence-corrected chi connectivity index (χ1v) is 13.9. The molecule has 1 fully saturated rings. The number of piperidine rings is 1. The normalized spacial score (nSPS) is 14.3. The molecular weight excluding hydrogens is 488 g/mol. The topological polar surface area (TPSA) is 73.9 Å². The molecule has 0 saturated carbocycles. The molecule has 1 aliphatic heterocycles. The summed E-state index contributed by atoms with van der Waals surface area (Å²) < 4.78 is 5.74. The maximum atomic E-state index is 12.6. The van der Waals surface area contributed by atoms with Crippen LogP contribution in [0.25, 0.3) is 11.1 Å². The minimum absolute atomic E-state index is 0.0974. The van der Waals surface area contributed by atoms with Crippen LogP contribution < -0.4 is 10.6 Å². The molecule has 1 saturated heterocycles. The number of nitrogens with one attached hydrogen (secondary N) is 2. The van der Waals surface area contributed by atoms with Crippen molar-refractivity contribution in [1.29, 1.82) is 0 Å². The Kier molecular flexibility index (Phi) is 10.7. The zero-order valence-electron chi connectivity index (χ0n) is 23.1. The second-order valence-electron chi connectivity index (χ2n) is 10.1. The molecule has 206 valence electrons. The first-order valence-electron chi connectivity index (χ1n) is 13.9. The molecule has 7 nitrogen and oxygen atoms in total. The van der Waals surface area contributed by atoms with Crippen molar-refractivity contribution >= 4 is 17.6 Å². The van der Waals surface area contributed by atoms with Crippen molar-refractivity contribution in [3.05, 3.63) is 90.0 Å². The van der Waals surface area contributed by atoms with E-state index >= 15 is 0 Å². The standard InChI is InChI=1S/C32H40N4O3/c1-3-35(2)24-25-13-15-27(16-14-25)31(37)23-33-19-22-36-20-17-28(18-21-36)39-32(38)34-30-12-8-7-11-29(30)26-9-5-4-6-10-26/h4-16,28,33H,3,17-24H2,1-2H3,(H,34,38). The molecule has 0 bridgehead atoms. The fraction of sp³-hybridized carbons (Fsp3) is 0.375. The molecule has 4 rings (SSSR count). The summed E-state index contributed by atoms with van der Waals surface area (Å²) in [6.07, 6.45) is 1.08. The van der Waals surface area contributed by atoms with E-state index in [9.17, 15) is 9.59 Å². The Hall–Kier alpha value is -3.52. The summed E-state index contributed by atoms with van der Waals surface area (Å²) in [5.41, 5.74) is 4.71. The van der Waals surface area contributed by atoms with E-state index in [0.29, 0.717) is 6.54 Å². The van der Waals surface area contributed by atoms with Crippen molar-refractivity contribution < 1.29 is 14.3 Å². The fourth-order valence-electron chi connectivity index (χ4n) is 4.76. The van der Waals surface area contributed by atoms with Gasteiger partial charge in [0.2, 0.25) is 0 Å². The largest absolute Gasteiger partial charge is 0.446 e. The zero-order valence-corrected chi connectivity index (χ0v) is 23.1. The van der Waals surface area contributed by atoms with Crippen LogP contribution in [0, 0.1) is 0 Å². The summed E-state index contributed by atoms with van der Waals surface area (Å²) >= 11 is 0. The predicted octanol–water partition coefficient (Wildman–Crippen LogP) is 5.29. The number of carbonyl (C=O) groups is 2. The summed E-state index contributed by atoms with van der Waals surface area (Å²) in [6, 6.07) is 25.7. The number of rotatable bonds is 12. The summed E-state index contributed by atoms with van der Waals surface area (Å²) in [6.45, 7) is 7.67. The smallest absolute Gasteiger partial charge is 0.411 e. The number of Topliss-reactive ketones (excluding diaryl/α,β-unsaturated/α-hetero) is 1. The van der Waals surface area contributed by atoms with E-state index in [-0.39, 0.29) is 11.9 Å². The Morgan fingerprint density at radius 1 is 0.949 bits per heavy atom. The third kappa shape index (κ3) is 8.75. The highest BCUT2D eigenvalue weighted by molar-refractivity contribution is 5.97. The van der Waals surface area contributed by atoms with Gasteiger partial charge in [-0.3, -0.25) is 10.1 Å². The van der Waals surface area contributed by atoms with Crippen LogP contribution in [0.15, 0.2) is 78.9 Å². The highest BCUT2D eigenvalue weighted by atomic mass is 16.6. The van der Waals surface area contributed by atoms with Crippen molar-refractivity contribution in [3.63, 3.8) is 0 Å². The van der Waals surface area contributed by atoms with E-state index in [1.807, 2.05) is 78.9 Å². The summed E-state index contributed by atoms with van der Waals surface area (Å²) in [5.74, 6) is 0.109. The van der Waals surface area contributed by atoms with Crippen molar-refractivity contribution in [2.75, 3.05) is 51.6 Å². The minimum Gasteiger partial charge on any atom is -0.446 e. The Bertz CT molecular complexity index is 1190. The molecule has 0 aromatic heterocycles. The molecule has 3 aromatic carbocycles. The average Bonchev–Trinajstić information content (AvgIpc) is 2.97. The molecule has 0 aliphatic carbocycles. The van der Waals surface area contributed by atoms with E-state index in [2.05, 4.69) is 34.4 Å². The number of ketones is 1. The predicted molar refractivity (Wildman–Crippen MR) is 157 cm³/mol. The summed E-state index contributed by atoms with van der Waals surface area (Å²) in [4.78, 5) is 29.7. The van der Waals surface area contributed by atoms with E-state index in [1.54, 1.807) is 0 Å². The Morgan fingerprint density at radius 3 is 2.36 bits per heavy atom. The van der Waals surface area contributed by atoms with Crippen LogP contribution >= 0.6 is 0 Å². The lowest BCUT2D eigenvalue weighted by Gasteiger charge is -2.31. The van der Waals surface area contributed by atoms with Gasteiger partial charge in [-0.05, 0) is 43.6 Å². The maximum Gasteiger partial charge on any atom is 0.411 e. The molecule has 3 aromatic rings. The number of anilines is 1. The third-order valence-corrected chi connectivity index (χ3v) is 7.22. The summed E-state index contributed by atoms with van der Waals surface area (Å²) in [7, 11) is 2.09. The third-order valence-electron chi connectivity index (χ3n) is 7.22. The maximum absolute atomic E-state index is 12.6. The average molecular weight is 529 g/mol. The molecule has 1 heterocycles. The molecular formula is C32H40N4O3. The SMILES string of the molecule is CCN(C)Cc1ccc(C(=O)CNCCN2CCC(OC(=O)Nc3ccccc3-c3ccccc3)CC2)cc1. The number of amides is 1. The molecule has 0 unspecified atom stereocenters. The molecule has 1 amide bonds. The molecule has 2 N–H and O–H groups in total. The van der Waals surface area contributed by atoms with Gasteiger partial charge in [-0.25, -0.2) is 4.79 Å². The lowest BCUT2D eigenvalue weighted by Crippen LogP contribution is -2.42. The highest BCUT2D eigenvalue weighted by Gasteiger charge is 2.22. The molecule has 39 heavy (non-hydrogen) atoms. The van der Waals surface area contributed by atoms with Crippen molar-refractivity contribution in [2.24, 2.45) is 0 Å². The summed E-state index contributed by atoms with van der Waals surface area (Å²) in [5, 5.41) is 6.21. The minimum atomic E-state index is -0.414. The monoisotopic (exact) mass is 528 g/mol. The van der Waals surface area contributed by atoms with Crippen LogP contribution in [0.5, 0.6) is 0 Å². The van der Waals surface area contributed by atoms with Gasteiger partial charge in [-0.15, -0.1) is 0 Å². The van der Waals surface area contributed by atoms with Crippen LogP contribution in [-0.4, -0.2) is 74.1 Å². The van der Waals surface area contributed by atoms with E-state index in [1.165, 1.54) is 5.56 Å². The van der Waals surface area contributed by atoms with Crippen molar-refractivity contribution in [2.45, 2.75) is 32.4 Å². The van der Waals surface area contributed by atoms with Gasteiger partial charge in [0.1, 0.15) is 6.10 Å². The van der Waals surface area contributed by atoms with E-state index in [0.717, 1.165) is 74.5 Å². The molecule has 7 heteroatoms. The molecule has 1 aliphatic rings. The second-order valence-corrected chi connectivity index (χ2v) is 10.1. The number of likely N-dealkylation sites (tertiary alicyclic amines) is 1. The van der Waals surface area contributed by atoms with Gasteiger partial charge in [0.15, 0.2) is 5.78 Å². The number of hydrogen-bond acceptors (Lipinski definition) is 6. The number of hydrogen-bond donors (Lipinski definition) is 2. The van der Waals surface area contributed by atoms with Crippen molar-refractivity contribution in [3.8, 4) is 11.1 Å². The Balaban J connectivity index is 1.13. The number of benzene rings is 3. The highest BCUT2D eigenvalue weighted by Crippen LogP contribution is 2.28. The van der Waals surface area contributed by atoms with Gasteiger partial charge in [-0.2, -0.15) is 0 Å². The first kappa shape index (κ1) is 28.5. The lowest BCUT2D eigenvalue weighted by molar-refractivity contribution is 0.0593. The fourth-order valence-corrected chi connectivity index (χ4v) is 4.76. The number of ether oxygens (including phenoxy) is 1. The van der Waals surface area contributed by atoms with E-state index < -0.39 is 6.09 Å². The number of carbonyl (C=O) groups excluding carboxylic acids is 2. The van der Waals surface area contributed by atoms with Crippen molar-refractivity contribution in [1.82, 2.24) is 15.1 Å². The van der Waals surface area contributed by atoms with Crippen LogP contribution in [0.3, 0.4) is 0 Å². The number of nitrogens with zero attached hydrogens (tertiary/aromatic N) is 2. The van der Waals surface area contributed by atoms with Gasteiger partial charge in [0, 0.05) is 43.9 Å². The second kappa shape index (κ2) is 14.6. The van der Waals surface area contributed by atoms with Crippen LogP contribution in [0.2, 0.25) is 0 Å². The van der Waals surface area contributed by atoms with Gasteiger partial charge in [0.05, 0.1) is 12.2 Å².